The third-order valence-electron chi connectivity index (χ3n) is 1.96. The van der Waals surface area contributed by atoms with Gasteiger partial charge in [-0.05, 0) is 34.5 Å². The van der Waals surface area contributed by atoms with Gasteiger partial charge in [0.25, 0.3) is 0 Å². The Kier molecular flexibility index (Phi) is 5.45. The summed E-state index contributed by atoms with van der Waals surface area (Å²) < 4.78 is 5.93. The molecule has 0 aliphatic carbocycles. The van der Waals surface area contributed by atoms with E-state index < -0.39 is 0 Å². The lowest BCUT2D eigenvalue weighted by Gasteiger charge is -2.09. The number of anilines is 1. The highest BCUT2D eigenvalue weighted by Gasteiger charge is 2.06. The van der Waals surface area contributed by atoms with E-state index in [4.69, 9.17) is 10.5 Å². The molecule has 0 bridgehead atoms. The molecule has 16 heavy (non-hydrogen) atoms. The van der Waals surface area contributed by atoms with E-state index in [0.717, 1.165) is 15.7 Å². The van der Waals surface area contributed by atoms with E-state index in [1.165, 1.54) is 0 Å². The van der Waals surface area contributed by atoms with Crippen molar-refractivity contribution in [1.29, 1.82) is 0 Å². The van der Waals surface area contributed by atoms with Crippen LogP contribution in [0, 0.1) is 6.92 Å². The Bertz CT molecular complexity index is 369. The highest BCUT2D eigenvalue weighted by molar-refractivity contribution is 9.10. The van der Waals surface area contributed by atoms with Crippen molar-refractivity contribution in [3.8, 4) is 0 Å². The van der Waals surface area contributed by atoms with Crippen LogP contribution >= 0.6 is 15.9 Å². The molecule has 0 saturated heterocycles. The quantitative estimate of drug-likeness (QED) is 0.810. The van der Waals surface area contributed by atoms with Gasteiger partial charge in [-0.3, -0.25) is 4.79 Å². The topological polar surface area (TPSA) is 64.3 Å². The standard InChI is InChI=1S/C11H15BrN2O2/c1-8-3-2-4-9(11(8)12)14-10(15)7-16-6-5-13/h2-4H,5-7,13H2,1H3,(H,14,15). The second kappa shape index (κ2) is 6.62. The van der Waals surface area contributed by atoms with Crippen molar-refractivity contribution in [2.45, 2.75) is 6.92 Å². The van der Waals surface area contributed by atoms with Crippen LogP contribution < -0.4 is 11.1 Å². The number of benzene rings is 1. The van der Waals surface area contributed by atoms with Crippen LogP contribution in [0.25, 0.3) is 0 Å². The zero-order chi connectivity index (χ0) is 12.0. The van der Waals surface area contributed by atoms with Crippen molar-refractivity contribution in [2.75, 3.05) is 25.1 Å². The molecule has 88 valence electrons. The van der Waals surface area contributed by atoms with Crippen molar-refractivity contribution in [3.63, 3.8) is 0 Å². The Morgan fingerprint density at radius 1 is 1.56 bits per heavy atom. The molecule has 1 aromatic rings. The number of hydrogen-bond donors (Lipinski definition) is 2. The lowest BCUT2D eigenvalue weighted by molar-refractivity contribution is -0.120. The number of halogens is 1. The molecule has 0 aromatic heterocycles. The minimum absolute atomic E-state index is 0.0254. The molecule has 0 radical (unpaired) electrons. The first-order valence-corrected chi connectivity index (χ1v) is 5.77. The Hall–Kier alpha value is -0.910. The zero-order valence-corrected chi connectivity index (χ0v) is 10.7. The van der Waals surface area contributed by atoms with E-state index in [9.17, 15) is 4.79 Å². The molecule has 0 saturated carbocycles. The molecule has 1 rings (SSSR count). The minimum atomic E-state index is -0.181. The van der Waals surface area contributed by atoms with Gasteiger partial charge in [-0.1, -0.05) is 12.1 Å². The predicted octanol–water partition coefficient (Wildman–Crippen LogP) is 1.67. The Balaban J connectivity index is 2.53. The maximum absolute atomic E-state index is 11.5. The molecule has 1 amide bonds. The maximum atomic E-state index is 11.5. The average molecular weight is 287 g/mol. The van der Waals surface area contributed by atoms with Crippen LogP contribution in [0.2, 0.25) is 0 Å². The number of carbonyl (C=O) groups is 1. The zero-order valence-electron chi connectivity index (χ0n) is 9.13. The van der Waals surface area contributed by atoms with E-state index in [1.54, 1.807) is 0 Å². The van der Waals surface area contributed by atoms with Gasteiger partial charge in [0, 0.05) is 11.0 Å². The summed E-state index contributed by atoms with van der Waals surface area (Å²) in [5.41, 5.74) is 7.07. The van der Waals surface area contributed by atoms with E-state index in [2.05, 4.69) is 21.2 Å². The fourth-order valence-electron chi connectivity index (χ4n) is 1.18. The summed E-state index contributed by atoms with van der Waals surface area (Å²) in [5, 5.41) is 2.76. The monoisotopic (exact) mass is 286 g/mol. The lowest BCUT2D eigenvalue weighted by Crippen LogP contribution is -2.21. The Labute approximate surface area is 103 Å². The van der Waals surface area contributed by atoms with E-state index in [-0.39, 0.29) is 12.5 Å². The number of rotatable bonds is 5. The van der Waals surface area contributed by atoms with Gasteiger partial charge in [-0.2, -0.15) is 0 Å². The molecule has 0 spiro atoms. The van der Waals surface area contributed by atoms with Crippen LogP contribution in [0.5, 0.6) is 0 Å². The first-order valence-electron chi connectivity index (χ1n) is 4.98. The van der Waals surface area contributed by atoms with Gasteiger partial charge in [0.2, 0.25) is 5.91 Å². The van der Waals surface area contributed by atoms with Gasteiger partial charge in [0.1, 0.15) is 6.61 Å². The predicted molar refractivity (Wildman–Crippen MR) is 67.4 cm³/mol. The second-order valence-electron chi connectivity index (χ2n) is 3.33. The molecule has 0 atom stereocenters. The molecule has 0 aliphatic heterocycles. The normalized spacial score (nSPS) is 10.2. The molecule has 4 nitrogen and oxygen atoms in total. The fourth-order valence-corrected chi connectivity index (χ4v) is 1.54. The van der Waals surface area contributed by atoms with E-state index in [0.29, 0.717) is 13.2 Å². The molecule has 1 aromatic carbocycles. The molecular formula is C11H15BrN2O2. The van der Waals surface area contributed by atoms with Crippen molar-refractivity contribution in [3.05, 3.63) is 28.2 Å². The van der Waals surface area contributed by atoms with Crippen LogP contribution in [-0.4, -0.2) is 25.7 Å². The van der Waals surface area contributed by atoms with Crippen molar-refractivity contribution in [1.82, 2.24) is 0 Å². The SMILES string of the molecule is Cc1cccc(NC(=O)COCCN)c1Br. The third kappa shape index (κ3) is 3.92. The summed E-state index contributed by atoms with van der Waals surface area (Å²) >= 11 is 3.41. The highest BCUT2D eigenvalue weighted by atomic mass is 79.9. The van der Waals surface area contributed by atoms with Crippen molar-refractivity contribution >= 4 is 27.5 Å². The van der Waals surface area contributed by atoms with Gasteiger partial charge in [0.15, 0.2) is 0 Å². The van der Waals surface area contributed by atoms with Gasteiger partial charge in [-0.25, -0.2) is 0 Å². The first-order chi connectivity index (χ1) is 7.65. The summed E-state index contributed by atoms with van der Waals surface area (Å²) in [6.07, 6.45) is 0. The number of nitrogens with one attached hydrogen (secondary N) is 1. The summed E-state index contributed by atoms with van der Waals surface area (Å²) in [4.78, 5) is 11.5. The van der Waals surface area contributed by atoms with Crippen molar-refractivity contribution < 1.29 is 9.53 Å². The van der Waals surface area contributed by atoms with Crippen molar-refractivity contribution in [2.24, 2.45) is 5.73 Å². The molecule has 0 aliphatic rings. The second-order valence-corrected chi connectivity index (χ2v) is 4.12. The van der Waals surface area contributed by atoms with E-state index >= 15 is 0 Å². The van der Waals surface area contributed by atoms with Gasteiger partial charge < -0.3 is 15.8 Å². The van der Waals surface area contributed by atoms with E-state index in [1.807, 2.05) is 25.1 Å². The number of aryl methyl sites for hydroxylation is 1. The Morgan fingerprint density at radius 2 is 2.31 bits per heavy atom. The molecule has 5 heteroatoms. The summed E-state index contributed by atoms with van der Waals surface area (Å²) in [5.74, 6) is -0.181. The number of carbonyl (C=O) groups excluding carboxylic acids is 1. The largest absolute Gasteiger partial charge is 0.370 e. The minimum Gasteiger partial charge on any atom is -0.370 e. The summed E-state index contributed by atoms with van der Waals surface area (Å²) in [6, 6.07) is 5.68. The molecule has 3 N–H and O–H groups in total. The van der Waals surface area contributed by atoms with Crippen LogP contribution in [0.4, 0.5) is 5.69 Å². The lowest BCUT2D eigenvalue weighted by atomic mass is 10.2. The molecular weight excluding hydrogens is 272 g/mol. The molecule has 0 heterocycles. The summed E-state index contributed by atoms with van der Waals surface area (Å²) in [7, 11) is 0. The van der Waals surface area contributed by atoms with Crippen LogP contribution in [-0.2, 0) is 9.53 Å². The highest BCUT2D eigenvalue weighted by Crippen LogP contribution is 2.25. The summed E-state index contributed by atoms with van der Waals surface area (Å²) in [6.45, 7) is 2.80. The maximum Gasteiger partial charge on any atom is 0.250 e. The Morgan fingerprint density at radius 3 is 3.00 bits per heavy atom. The fraction of sp³-hybridized carbons (Fsp3) is 0.364. The van der Waals surface area contributed by atoms with Crippen LogP contribution in [0.3, 0.4) is 0 Å². The smallest absolute Gasteiger partial charge is 0.250 e. The number of amides is 1. The first kappa shape index (κ1) is 13.2. The number of hydrogen-bond acceptors (Lipinski definition) is 3. The molecule has 0 fully saturated rings. The average Bonchev–Trinajstić information content (AvgIpc) is 2.25. The van der Waals surface area contributed by atoms with Crippen LogP contribution in [0.15, 0.2) is 22.7 Å². The number of ether oxygens (including phenoxy) is 1. The van der Waals surface area contributed by atoms with Gasteiger partial charge in [-0.15, -0.1) is 0 Å². The third-order valence-corrected chi connectivity index (χ3v) is 3.01. The number of nitrogens with two attached hydrogens (primary N) is 1. The van der Waals surface area contributed by atoms with Crippen LogP contribution in [0.1, 0.15) is 5.56 Å². The van der Waals surface area contributed by atoms with Gasteiger partial charge >= 0.3 is 0 Å². The molecule has 0 unspecified atom stereocenters. The van der Waals surface area contributed by atoms with Gasteiger partial charge in [0.05, 0.1) is 12.3 Å².